The SMILES string of the molecule is C[C@H]1C/C=C/[C@H](O)[C@@H]2CC[C@H]2CN2C[C@@]3(CCCc4cc(Cl)ccc43)COc3ccc(cc32)C(=O)N=[S@](=O)(NC(=O)N[C@H]2C[C@@H]2C(F)F)C1. The highest BCUT2D eigenvalue weighted by atomic mass is 35.5. The van der Waals surface area contributed by atoms with Crippen molar-refractivity contribution in [1.82, 2.24) is 10.0 Å². The van der Waals surface area contributed by atoms with Crippen LogP contribution < -0.4 is 19.7 Å². The Hall–Kier alpha value is -3.22. The largest absolute Gasteiger partial charge is 0.490 e. The van der Waals surface area contributed by atoms with Gasteiger partial charge in [-0.1, -0.05) is 36.7 Å². The molecule has 5 aliphatic rings. The van der Waals surface area contributed by atoms with Gasteiger partial charge in [-0.05, 0) is 104 Å². The van der Waals surface area contributed by atoms with Gasteiger partial charge in [0.1, 0.15) is 15.7 Å². The predicted octanol–water partition coefficient (Wildman–Crippen LogP) is 6.27. The maximum atomic E-state index is 14.2. The number of ether oxygens (including phenoxy) is 1. The summed E-state index contributed by atoms with van der Waals surface area (Å²) in [4.78, 5) is 28.9. The molecule has 49 heavy (non-hydrogen) atoms. The summed E-state index contributed by atoms with van der Waals surface area (Å²) in [6.45, 7) is 3.56. The van der Waals surface area contributed by atoms with Gasteiger partial charge in [0.2, 0.25) is 6.43 Å². The molecule has 1 spiro atoms. The molecule has 2 aliphatic heterocycles. The highest BCUT2D eigenvalue weighted by molar-refractivity contribution is 7.92. The molecular formula is C36H43ClF2N4O5S. The first-order valence-electron chi connectivity index (χ1n) is 17.2. The fourth-order valence-corrected chi connectivity index (χ4v) is 10.2. The summed E-state index contributed by atoms with van der Waals surface area (Å²) in [5.74, 6) is -1.22. The van der Waals surface area contributed by atoms with Crippen LogP contribution in [0, 0.1) is 23.7 Å². The number of urea groups is 1. The highest BCUT2D eigenvalue weighted by Crippen LogP contribution is 2.47. The number of nitrogens with zero attached hydrogens (tertiary/aromatic N) is 2. The third kappa shape index (κ3) is 7.19. The first-order chi connectivity index (χ1) is 23.4. The van der Waals surface area contributed by atoms with Crippen molar-refractivity contribution in [2.45, 2.75) is 75.9 Å². The lowest BCUT2D eigenvalue weighted by Crippen LogP contribution is -2.49. The molecule has 0 saturated heterocycles. The van der Waals surface area contributed by atoms with Crippen LogP contribution in [-0.2, 0) is 21.8 Å². The Morgan fingerprint density at radius 3 is 2.82 bits per heavy atom. The number of aliphatic hydroxyl groups excluding tert-OH is 1. The second-order valence-corrected chi connectivity index (χ2v) is 17.1. The van der Waals surface area contributed by atoms with Crippen LogP contribution in [0.4, 0.5) is 19.3 Å². The fraction of sp³-hybridized carbons (Fsp3) is 0.556. The maximum absolute atomic E-state index is 14.2. The van der Waals surface area contributed by atoms with E-state index in [0.717, 1.165) is 37.8 Å². The van der Waals surface area contributed by atoms with E-state index in [9.17, 15) is 27.7 Å². The second kappa shape index (κ2) is 13.5. The summed E-state index contributed by atoms with van der Waals surface area (Å²) in [6.07, 6.45) is 5.69. The molecule has 3 aliphatic carbocycles. The Balaban J connectivity index is 1.25. The Kier molecular flexibility index (Phi) is 9.42. The topological polar surface area (TPSA) is 120 Å². The van der Waals surface area contributed by atoms with Crippen molar-refractivity contribution in [1.29, 1.82) is 0 Å². The van der Waals surface area contributed by atoms with Gasteiger partial charge >= 0.3 is 6.03 Å². The Labute approximate surface area is 291 Å². The molecule has 264 valence electrons. The first-order valence-corrected chi connectivity index (χ1v) is 19.3. The molecule has 9 nitrogen and oxygen atoms in total. The molecule has 0 aromatic heterocycles. The van der Waals surface area contributed by atoms with Crippen molar-refractivity contribution in [2.24, 2.45) is 28.0 Å². The molecule has 8 atom stereocenters. The molecule has 7 rings (SSSR count). The number of hydrogen-bond donors (Lipinski definition) is 3. The molecule has 3 N–H and O–H groups in total. The molecule has 2 bridgehead atoms. The van der Waals surface area contributed by atoms with E-state index in [4.69, 9.17) is 16.3 Å². The van der Waals surface area contributed by atoms with Gasteiger partial charge < -0.3 is 20.1 Å². The molecule has 0 unspecified atom stereocenters. The van der Waals surface area contributed by atoms with Gasteiger partial charge in [-0.2, -0.15) is 0 Å². The van der Waals surface area contributed by atoms with Crippen molar-refractivity contribution in [2.75, 3.05) is 30.3 Å². The van der Waals surface area contributed by atoms with Crippen LogP contribution in [0.5, 0.6) is 5.75 Å². The van der Waals surface area contributed by atoms with Crippen LogP contribution in [0.15, 0.2) is 52.9 Å². The zero-order chi connectivity index (χ0) is 34.5. The quantitative estimate of drug-likeness (QED) is 0.322. The molecular weight excluding hydrogens is 674 g/mol. The Morgan fingerprint density at radius 2 is 2.06 bits per heavy atom. The summed E-state index contributed by atoms with van der Waals surface area (Å²) in [7, 11) is -3.67. The third-order valence-electron chi connectivity index (χ3n) is 11.0. The monoisotopic (exact) mass is 716 g/mol. The van der Waals surface area contributed by atoms with Crippen molar-refractivity contribution in [3.05, 3.63) is 70.3 Å². The van der Waals surface area contributed by atoms with E-state index in [1.807, 2.05) is 25.1 Å². The molecule has 3 amide bonds. The van der Waals surface area contributed by atoms with E-state index in [1.54, 1.807) is 24.3 Å². The average Bonchev–Trinajstić information content (AvgIpc) is 3.81. The lowest BCUT2D eigenvalue weighted by molar-refractivity contribution is 0.0456. The fourth-order valence-electron chi connectivity index (χ4n) is 8.14. The minimum Gasteiger partial charge on any atom is -0.490 e. The zero-order valence-corrected chi connectivity index (χ0v) is 29.0. The number of benzene rings is 2. The van der Waals surface area contributed by atoms with Crippen LogP contribution in [0.3, 0.4) is 0 Å². The number of nitrogens with one attached hydrogen (secondary N) is 2. The molecule has 0 radical (unpaired) electrons. The lowest BCUT2D eigenvalue weighted by Gasteiger charge is -2.45. The number of fused-ring (bicyclic) bond motifs is 4. The van der Waals surface area contributed by atoms with Crippen LogP contribution in [-0.4, -0.2) is 65.3 Å². The Bertz CT molecular complexity index is 1780. The number of alkyl halides is 2. The number of amides is 3. The van der Waals surface area contributed by atoms with Crippen LogP contribution in [0.2, 0.25) is 5.02 Å². The third-order valence-corrected chi connectivity index (χ3v) is 13.2. The molecule has 13 heteroatoms. The second-order valence-electron chi connectivity index (χ2n) is 14.7. The van der Waals surface area contributed by atoms with E-state index < -0.39 is 46.3 Å². The minimum atomic E-state index is -3.67. The van der Waals surface area contributed by atoms with Gasteiger partial charge in [0.05, 0.1) is 24.2 Å². The molecule has 2 aromatic rings. The van der Waals surface area contributed by atoms with Gasteiger partial charge in [0.15, 0.2) is 0 Å². The van der Waals surface area contributed by atoms with Gasteiger partial charge in [-0.15, -0.1) is 4.36 Å². The van der Waals surface area contributed by atoms with Gasteiger partial charge in [-0.25, -0.2) is 17.8 Å². The van der Waals surface area contributed by atoms with Crippen molar-refractivity contribution < 1.29 is 32.4 Å². The number of aryl methyl sites for hydroxylation is 1. The van der Waals surface area contributed by atoms with E-state index in [2.05, 4.69) is 25.4 Å². The normalized spacial score (nSPS) is 34.7. The van der Waals surface area contributed by atoms with E-state index in [0.29, 0.717) is 36.9 Å². The number of aliphatic hydroxyl groups is 1. The maximum Gasteiger partial charge on any atom is 0.327 e. The first kappa shape index (κ1) is 34.2. The average molecular weight is 717 g/mol. The molecule has 2 aromatic carbocycles. The number of anilines is 1. The number of rotatable bonds is 3. The van der Waals surface area contributed by atoms with Gasteiger partial charge in [0, 0.05) is 41.1 Å². The van der Waals surface area contributed by atoms with E-state index >= 15 is 0 Å². The molecule has 2 saturated carbocycles. The van der Waals surface area contributed by atoms with Gasteiger partial charge in [0.25, 0.3) is 5.91 Å². The number of hydrogen-bond acceptors (Lipinski definition) is 6. The molecule has 2 fully saturated rings. The van der Waals surface area contributed by atoms with E-state index in [-0.39, 0.29) is 40.9 Å². The zero-order valence-electron chi connectivity index (χ0n) is 27.5. The smallest absolute Gasteiger partial charge is 0.327 e. The van der Waals surface area contributed by atoms with Crippen molar-refractivity contribution >= 4 is 39.1 Å². The molecule has 2 heterocycles. The highest BCUT2D eigenvalue weighted by Gasteiger charge is 2.46. The summed E-state index contributed by atoms with van der Waals surface area (Å²) in [5.41, 5.74) is 3.02. The lowest BCUT2D eigenvalue weighted by atomic mass is 9.68. The van der Waals surface area contributed by atoms with Crippen molar-refractivity contribution in [3.63, 3.8) is 0 Å². The van der Waals surface area contributed by atoms with Crippen LogP contribution in [0.25, 0.3) is 0 Å². The number of carbonyl (C=O) groups is 2. The summed E-state index contributed by atoms with van der Waals surface area (Å²) >= 11 is 6.40. The minimum absolute atomic E-state index is 0.0642. The van der Waals surface area contributed by atoms with Crippen LogP contribution in [0.1, 0.15) is 66.9 Å². The number of allylic oxidation sites excluding steroid dienone is 1. The van der Waals surface area contributed by atoms with Crippen molar-refractivity contribution in [3.8, 4) is 5.75 Å². The summed E-state index contributed by atoms with van der Waals surface area (Å²) in [6, 6.07) is 9.52. The standard InChI is InChI=1S/C36H43ClF2N4O5S/c1-21-4-2-6-31(44)26-10-7-24(26)17-43-19-36(13-3-5-22-14-25(37)9-11-28(22)36)20-48-32-12-8-23(15-30(32)43)34(45)41-49(47,18-21)42-35(46)40-29-16-27(29)33(38)39/h2,6,8-9,11-12,14-15,21,24,26-27,29,31,33,44H,3-5,7,10,13,16-20H2,1H3,(H2,40,41,42,45,46,47)/b6-2+/t21-,24-,26+,27-,29-,31-,36-,49-/m0/s1. The number of carbonyl (C=O) groups excluding carboxylic acids is 2. The number of halogens is 3. The Morgan fingerprint density at radius 1 is 1.22 bits per heavy atom. The van der Waals surface area contributed by atoms with Crippen LogP contribution >= 0.6 is 11.6 Å². The van der Waals surface area contributed by atoms with Gasteiger partial charge in [-0.3, -0.25) is 9.52 Å². The predicted molar refractivity (Wildman–Crippen MR) is 185 cm³/mol. The summed E-state index contributed by atoms with van der Waals surface area (Å²) < 4.78 is 53.4. The summed E-state index contributed by atoms with van der Waals surface area (Å²) in [5, 5.41) is 14.4. The van der Waals surface area contributed by atoms with E-state index in [1.165, 1.54) is 11.1 Å².